The van der Waals surface area contributed by atoms with Gasteiger partial charge in [0.25, 0.3) is 0 Å². The molecule has 0 radical (unpaired) electrons. The van der Waals surface area contributed by atoms with E-state index in [1.54, 1.807) is 0 Å². The third-order valence-corrected chi connectivity index (χ3v) is 3.22. The van der Waals surface area contributed by atoms with E-state index < -0.39 is 0 Å². The van der Waals surface area contributed by atoms with Gasteiger partial charge in [-0.3, -0.25) is 0 Å². The molecule has 90 valence electrons. The largest absolute Gasteiger partial charge is 0.396 e. The zero-order valence-electron chi connectivity index (χ0n) is 9.34. The van der Waals surface area contributed by atoms with Crippen molar-refractivity contribution in [2.45, 2.75) is 25.8 Å². The molecule has 0 amide bonds. The van der Waals surface area contributed by atoms with Gasteiger partial charge in [-0.05, 0) is 37.1 Å². The molecule has 0 aromatic heterocycles. The average Bonchev–Trinajstić information content (AvgIpc) is 2.25. The SMILES string of the molecule is CCCNC(CCO)c1ccc(Br)cc1Cl. The fourth-order valence-electron chi connectivity index (χ4n) is 1.60. The van der Waals surface area contributed by atoms with Crippen LogP contribution in [0, 0.1) is 0 Å². The summed E-state index contributed by atoms with van der Waals surface area (Å²) in [6, 6.07) is 5.98. The Kier molecular flexibility index (Phi) is 6.36. The number of hydrogen-bond acceptors (Lipinski definition) is 2. The summed E-state index contributed by atoms with van der Waals surface area (Å²) in [5.74, 6) is 0. The minimum absolute atomic E-state index is 0.130. The Morgan fingerprint density at radius 1 is 1.50 bits per heavy atom. The number of benzene rings is 1. The summed E-state index contributed by atoms with van der Waals surface area (Å²) in [6.45, 7) is 3.21. The molecule has 0 saturated heterocycles. The lowest BCUT2D eigenvalue weighted by Gasteiger charge is -2.19. The van der Waals surface area contributed by atoms with E-state index in [1.165, 1.54) is 0 Å². The van der Waals surface area contributed by atoms with E-state index >= 15 is 0 Å². The second kappa shape index (κ2) is 7.28. The molecule has 0 saturated carbocycles. The molecule has 0 aliphatic carbocycles. The summed E-state index contributed by atoms with van der Waals surface area (Å²) in [7, 11) is 0. The predicted molar refractivity (Wildman–Crippen MR) is 71.9 cm³/mol. The van der Waals surface area contributed by atoms with Gasteiger partial charge in [-0.25, -0.2) is 0 Å². The molecule has 0 bridgehead atoms. The van der Waals surface area contributed by atoms with Crippen LogP contribution in [0.1, 0.15) is 31.4 Å². The van der Waals surface area contributed by atoms with Crippen LogP contribution in [0.5, 0.6) is 0 Å². The highest BCUT2D eigenvalue weighted by Gasteiger charge is 2.13. The number of nitrogens with one attached hydrogen (secondary N) is 1. The molecule has 1 aromatic rings. The van der Waals surface area contributed by atoms with Gasteiger partial charge in [0.15, 0.2) is 0 Å². The molecular formula is C12H17BrClNO. The van der Waals surface area contributed by atoms with Gasteiger partial charge < -0.3 is 10.4 Å². The number of rotatable bonds is 6. The fraction of sp³-hybridized carbons (Fsp3) is 0.500. The van der Waals surface area contributed by atoms with Crippen molar-refractivity contribution in [1.82, 2.24) is 5.32 Å². The van der Waals surface area contributed by atoms with Crippen LogP contribution in [-0.2, 0) is 0 Å². The van der Waals surface area contributed by atoms with Crippen molar-refractivity contribution >= 4 is 27.5 Å². The van der Waals surface area contributed by atoms with E-state index in [1.807, 2.05) is 18.2 Å². The van der Waals surface area contributed by atoms with E-state index in [0.29, 0.717) is 6.42 Å². The zero-order valence-corrected chi connectivity index (χ0v) is 11.7. The zero-order chi connectivity index (χ0) is 12.0. The predicted octanol–water partition coefficient (Wildman–Crippen LogP) is 3.53. The van der Waals surface area contributed by atoms with Crippen LogP contribution in [0.25, 0.3) is 0 Å². The monoisotopic (exact) mass is 305 g/mol. The van der Waals surface area contributed by atoms with Crippen LogP contribution in [0.15, 0.2) is 22.7 Å². The molecular weight excluding hydrogens is 289 g/mol. The Morgan fingerprint density at radius 3 is 2.81 bits per heavy atom. The fourth-order valence-corrected chi connectivity index (χ4v) is 2.40. The van der Waals surface area contributed by atoms with Crippen LogP contribution in [-0.4, -0.2) is 18.3 Å². The number of aliphatic hydroxyl groups is 1. The minimum atomic E-state index is 0.130. The van der Waals surface area contributed by atoms with Crippen LogP contribution >= 0.6 is 27.5 Å². The maximum Gasteiger partial charge on any atom is 0.0465 e. The summed E-state index contributed by atoms with van der Waals surface area (Å²) in [5, 5.41) is 13.2. The molecule has 0 aliphatic rings. The summed E-state index contributed by atoms with van der Waals surface area (Å²) < 4.78 is 0.972. The van der Waals surface area contributed by atoms with Crippen LogP contribution in [0.4, 0.5) is 0 Å². The van der Waals surface area contributed by atoms with Crippen molar-refractivity contribution in [3.05, 3.63) is 33.3 Å². The van der Waals surface area contributed by atoms with Crippen LogP contribution in [0.3, 0.4) is 0 Å². The maximum atomic E-state index is 9.05. The molecule has 16 heavy (non-hydrogen) atoms. The quantitative estimate of drug-likeness (QED) is 0.843. The molecule has 2 nitrogen and oxygen atoms in total. The van der Waals surface area contributed by atoms with Crippen molar-refractivity contribution in [2.75, 3.05) is 13.2 Å². The van der Waals surface area contributed by atoms with E-state index in [4.69, 9.17) is 16.7 Å². The van der Waals surface area contributed by atoms with Gasteiger partial charge in [-0.15, -0.1) is 0 Å². The van der Waals surface area contributed by atoms with E-state index in [-0.39, 0.29) is 12.6 Å². The number of aliphatic hydroxyl groups excluding tert-OH is 1. The topological polar surface area (TPSA) is 32.3 Å². The van der Waals surface area contributed by atoms with Gasteiger partial charge in [-0.1, -0.05) is 40.5 Å². The standard InChI is InChI=1S/C12H17BrClNO/c1-2-6-15-12(5-7-16)10-4-3-9(13)8-11(10)14/h3-4,8,12,15-16H,2,5-7H2,1H3. The third-order valence-electron chi connectivity index (χ3n) is 2.40. The summed E-state index contributed by atoms with van der Waals surface area (Å²) >= 11 is 9.57. The Balaban J connectivity index is 2.82. The van der Waals surface area contributed by atoms with E-state index in [9.17, 15) is 0 Å². The maximum absolute atomic E-state index is 9.05. The summed E-state index contributed by atoms with van der Waals surface area (Å²) in [6.07, 6.45) is 1.75. The highest BCUT2D eigenvalue weighted by molar-refractivity contribution is 9.10. The van der Waals surface area contributed by atoms with Gasteiger partial charge in [0.2, 0.25) is 0 Å². The Hall–Kier alpha value is -0.0900. The lowest BCUT2D eigenvalue weighted by Crippen LogP contribution is -2.23. The Labute approximate surface area is 110 Å². The summed E-state index contributed by atoms with van der Waals surface area (Å²) in [4.78, 5) is 0. The van der Waals surface area contributed by atoms with Crippen molar-refractivity contribution in [1.29, 1.82) is 0 Å². The molecule has 2 N–H and O–H groups in total. The van der Waals surface area contributed by atoms with Crippen LogP contribution in [0.2, 0.25) is 5.02 Å². The Bertz CT molecular complexity index is 333. The van der Waals surface area contributed by atoms with E-state index in [2.05, 4.69) is 28.2 Å². The smallest absolute Gasteiger partial charge is 0.0465 e. The molecule has 1 rings (SSSR count). The first-order valence-corrected chi connectivity index (χ1v) is 6.65. The first-order chi connectivity index (χ1) is 7.69. The highest BCUT2D eigenvalue weighted by atomic mass is 79.9. The first kappa shape index (κ1) is 14.0. The van der Waals surface area contributed by atoms with Gasteiger partial charge >= 0.3 is 0 Å². The molecule has 0 heterocycles. The lowest BCUT2D eigenvalue weighted by molar-refractivity contribution is 0.265. The van der Waals surface area contributed by atoms with Crippen molar-refractivity contribution in [2.24, 2.45) is 0 Å². The second-order valence-corrected chi connectivity index (χ2v) is 5.01. The Morgan fingerprint density at radius 2 is 2.25 bits per heavy atom. The van der Waals surface area contributed by atoms with Gasteiger partial charge in [0, 0.05) is 22.1 Å². The van der Waals surface area contributed by atoms with Gasteiger partial charge in [0.1, 0.15) is 0 Å². The van der Waals surface area contributed by atoms with Crippen molar-refractivity contribution in [3.8, 4) is 0 Å². The molecule has 1 unspecified atom stereocenters. The molecule has 0 fully saturated rings. The second-order valence-electron chi connectivity index (χ2n) is 3.68. The number of halogens is 2. The summed E-state index contributed by atoms with van der Waals surface area (Å²) in [5.41, 5.74) is 1.05. The molecule has 1 aromatic carbocycles. The van der Waals surface area contributed by atoms with E-state index in [0.717, 1.165) is 28.0 Å². The van der Waals surface area contributed by atoms with Crippen LogP contribution < -0.4 is 5.32 Å². The first-order valence-electron chi connectivity index (χ1n) is 5.48. The normalized spacial score (nSPS) is 12.8. The highest BCUT2D eigenvalue weighted by Crippen LogP contribution is 2.28. The molecule has 0 spiro atoms. The average molecular weight is 307 g/mol. The molecule has 1 atom stereocenters. The molecule has 4 heteroatoms. The van der Waals surface area contributed by atoms with Gasteiger partial charge in [-0.2, -0.15) is 0 Å². The van der Waals surface area contributed by atoms with Crippen molar-refractivity contribution < 1.29 is 5.11 Å². The molecule has 0 aliphatic heterocycles. The minimum Gasteiger partial charge on any atom is -0.396 e. The van der Waals surface area contributed by atoms with Crippen molar-refractivity contribution in [3.63, 3.8) is 0 Å². The van der Waals surface area contributed by atoms with Gasteiger partial charge in [0.05, 0.1) is 0 Å². The third kappa shape index (κ3) is 4.06. The lowest BCUT2D eigenvalue weighted by atomic mass is 10.0. The number of hydrogen-bond donors (Lipinski definition) is 2.